The van der Waals surface area contributed by atoms with E-state index in [0.29, 0.717) is 5.56 Å². The Labute approximate surface area is 449 Å². The summed E-state index contributed by atoms with van der Waals surface area (Å²) in [4.78, 5) is 7.23. The van der Waals surface area contributed by atoms with Gasteiger partial charge in [-0.1, -0.05) is 143 Å². The van der Waals surface area contributed by atoms with Crippen LogP contribution < -0.4 is 31.1 Å². The highest BCUT2D eigenvalue weighted by atomic mass is 32.1. The number of anilines is 9. The van der Waals surface area contributed by atoms with Crippen molar-refractivity contribution in [1.29, 1.82) is 0 Å². The van der Waals surface area contributed by atoms with E-state index in [1.807, 2.05) is 23.5 Å². The predicted octanol–water partition coefficient (Wildman–Crippen LogP) is 17.9. The predicted molar refractivity (Wildman–Crippen MR) is 322 cm³/mol. The summed E-state index contributed by atoms with van der Waals surface area (Å²) in [5.74, 6) is 0. The third-order valence-electron chi connectivity index (χ3n) is 18.0. The van der Waals surface area contributed by atoms with E-state index in [1.54, 1.807) is 0 Å². The quantitative estimate of drug-likeness (QED) is 0.159. The van der Waals surface area contributed by atoms with E-state index in [-0.39, 0.29) is 33.8 Å². The number of hydrogen-bond acceptors (Lipinski definition) is 4. The Morgan fingerprint density at radius 3 is 1.64 bits per heavy atom. The van der Waals surface area contributed by atoms with E-state index in [9.17, 15) is 4.11 Å². The fraction of sp³-hybridized carbons (Fsp3) is 0.304. The van der Waals surface area contributed by atoms with Gasteiger partial charge in [-0.15, -0.1) is 11.3 Å². The molecule has 0 N–H and O–H groups in total. The summed E-state index contributed by atoms with van der Waals surface area (Å²) in [5, 5.41) is 2.43. The Hall–Kier alpha value is -6.56. The molecular formula is C69H70BN3S. The number of hydrogen-bond donors (Lipinski definition) is 0. The maximum absolute atomic E-state index is 9.31. The molecule has 0 bridgehead atoms. The zero-order valence-electron chi connectivity index (χ0n) is 48.2. The van der Waals surface area contributed by atoms with Gasteiger partial charge in [0.15, 0.2) is 0 Å². The van der Waals surface area contributed by atoms with Crippen molar-refractivity contribution in [2.45, 2.75) is 136 Å². The molecule has 9 aromatic rings. The van der Waals surface area contributed by atoms with E-state index >= 15 is 0 Å². The molecule has 0 unspecified atom stereocenters. The molecule has 5 heteroatoms. The van der Waals surface area contributed by atoms with Crippen molar-refractivity contribution in [2.24, 2.45) is 0 Å². The fourth-order valence-electron chi connectivity index (χ4n) is 13.4. The molecule has 0 amide bonds. The lowest BCUT2D eigenvalue weighted by Crippen LogP contribution is -2.62. The monoisotopic (exact) mass is 987 g/mol. The van der Waals surface area contributed by atoms with Crippen LogP contribution in [0.4, 0.5) is 51.2 Å². The third kappa shape index (κ3) is 7.26. The van der Waals surface area contributed by atoms with Gasteiger partial charge in [-0.05, 0) is 200 Å². The van der Waals surface area contributed by atoms with Crippen LogP contribution in [0.15, 0.2) is 158 Å². The first kappa shape index (κ1) is 43.8. The number of rotatable bonds is 5. The fourth-order valence-corrected chi connectivity index (χ4v) is 14.5. The molecule has 0 saturated carbocycles. The first-order chi connectivity index (χ1) is 36.4. The Balaban J connectivity index is 1.15. The molecule has 0 saturated heterocycles. The highest BCUT2D eigenvalue weighted by Crippen LogP contribution is 2.53. The summed E-state index contributed by atoms with van der Waals surface area (Å²) in [7, 11) is 0. The molecule has 3 nitrogen and oxygen atoms in total. The largest absolute Gasteiger partial charge is 0.311 e. The van der Waals surface area contributed by atoms with Gasteiger partial charge in [0.2, 0.25) is 0 Å². The van der Waals surface area contributed by atoms with Crippen LogP contribution in [0.5, 0.6) is 0 Å². The molecule has 0 radical (unpaired) electrons. The van der Waals surface area contributed by atoms with Gasteiger partial charge >= 0.3 is 0 Å². The van der Waals surface area contributed by atoms with Crippen LogP contribution in [0.1, 0.15) is 139 Å². The summed E-state index contributed by atoms with van der Waals surface area (Å²) >= 11 is 1.85. The van der Waals surface area contributed by atoms with Crippen molar-refractivity contribution < 1.29 is 4.11 Å². The molecular weight excluding hydrogens is 914 g/mol. The van der Waals surface area contributed by atoms with Crippen molar-refractivity contribution in [3.05, 3.63) is 191 Å². The average molecular weight is 987 g/mol. The number of para-hydroxylation sites is 2. The molecule has 3 heterocycles. The van der Waals surface area contributed by atoms with Gasteiger partial charge in [0.1, 0.15) is 0 Å². The maximum Gasteiger partial charge on any atom is 0.252 e. The number of nitrogens with zero attached hydrogens (tertiary/aromatic N) is 3. The molecule has 2 aliphatic heterocycles. The lowest BCUT2D eigenvalue weighted by atomic mass is 9.33. The van der Waals surface area contributed by atoms with Crippen LogP contribution in [-0.2, 0) is 27.1 Å². The summed E-state index contributed by atoms with van der Waals surface area (Å²) in [6.07, 6.45) is 4.40. The Morgan fingerprint density at radius 2 is 1.03 bits per heavy atom. The first-order valence-corrected chi connectivity index (χ1v) is 27.9. The second-order valence-corrected chi connectivity index (χ2v) is 26.8. The zero-order valence-corrected chi connectivity index (χ0v) is 46.0. The number of fused-ring (bicyclic) bond motifs is 9. The van der Waals surface area contributed by atoms with Crippen molar-refractivity contribution in [3.8, 4) is 0 Å². The third-order valence-corrected chi connectivity index (χ3v) is 19.1. The number of aryl methyl sites for hydroxylation is 1. The molecule has 4 aliphatic rings. The smallest absolute Gasteiger partial charge is 0.252 e. The van der Waals surface area contributed by atoms with Crippen molar-refractivity contribution in [1.82, 2.24) is 0 Å². The van der Waals surface area contributed by atoms with Gasteiger partial charge in [-0.3, -0.25) is 0 Å². The van der Waals surface area contributed by atoms with Crippen molar-refractivity contribution in [3.63, 3.8) is 0 Å². The van der Waals surface area contributed by atoms with E-state index in [4.69, 9.17) is 0 Å². The SMILES string of the molecule is [2H]C([2H])([2H])c1cc2c3c(c1)N(c1ccc4c(c1)C(C)(C)CCC4(C)C)c1cc4c(cc1B3c1ccc(N(c3ccccc3)c3ccccc3)cc1N2c1ccc2sc3cc(C(C)(C)C)ccc3c2c1)C(C)(C)CCC4(C)C. The molecule has 0 atom stereocenters. The molecule has 0 fully saturated rings. The van der Waals surface area contributed by atoms with Crippen LogP contribution in [0.2, 0.25) is 0 Å². The van der Waals surface area contributed by atoms with Crippen LogP contribution in [0.25, 0.3) is 20.2 Å². The van der Waals surface area contributed by atoms with E-state index in [1.165, 1.54) is 58.9 Å². The molecule has 0 spiro atoms. The lowest BCUT2D eigenvalue weighted by Gasteiger charge is -2.48. The van der Waals surface area contributed by atoms with E-state index < -0.39 is 6.85 Å². The standard InChI is InChI=1S/C69H70BN3S/c1-43-35-60-64-61(36-43)73(48-24-28-52-53(39-48)67(7,8)32-31-66(52,5)6)59-42-55-54(68(9,10)33-34-69(55,11)12)41-57(59)70(64)56-29-25-49(71(45-19-15-13-16-20-45)46-21-17-14-18-22-46)40-58(56)72(60)47-26-30-62-51(38-47)50-27-23-44(65(2,3)4)37-63(50)74-62/h13-30,35-42H,31-34H2,1-12H3/i1D3. The summed E-state index contributed by atoms with van der Waals surface area (Å²) in [6.45, 7) is 23.5. The van der Waals surface area contributed by atoms with Gasteiger partial charge in [0, 0.05) is 75.5 Å². The van der Waals surface area contributed by atoms with Gasteiger partial charge in [0.05, 0.1) is 0 Å². The Bertz CT molecular complexity index is 3840. The minimum absolute atomic E-state index is 0.0190. The van der Waals surface area contributed by atoms with Gasteiger partial charge in [-0.25, -0.2) is 0 Å². The maximum atomic E-state index is 9.31. The van der Waals surface area contributed by atoms with Gasteiger partial charge in [0.25, 0.3) is 6.71 Å². The molecule has 1 aromatic heterocycles. The number of thiophene rings is 1. The van der Waals surface area contributed by atoms with Crippen LogP contribution >= 0.6 is 11.3 Å². The Morgan fingerprint density at radius 1 is 0.473 bits per heavy atom. The van der Waals surface area contributed by atoms with Crippen molar-refractivity contribution >= 4 is 106 Å². The van der Waals surface area contributed by atoms with E-state index in [0.717, 1.165) is 82.3 Å². The van der Waals surface area contributed by atoms with Crippen LogP contribution in [0.3, 0.4) is 0 Å². The molecule has 13 rings (SSSR count). The molecule has 370 valence electrons. The number of benzene rings is 8. The Kier molecular flexibility index (Phi) is 9.60. The molecule has 74 heavy (non-hydrogen) atoms. The van der Waals surface area contributed by atoms with Crippen LogP contribution in [0, 0.1) is 6.85 Å². The summed E-state index contributed by atoms with van der Waals surface area (Å²) in [5.41, 5.74) is 19.9. The second-order valence-electron chi connectivity index (χ2n) is 25.7. The van der Waals surface area contributed by atoms with Crippen molar-refractivity contribution in [2.75, 3.05) is 14.7 Å². The topological polar surface area (TPSA) is 9.72 Å². The lowest BCUT2D eigenvalue weighted by molar-refractivity contribution is 0.332. The molecule has 2 aliphatic carbocycles. The average Bonchev–Trinajstić information content (AvgIpc) is 3.94. The molecule has 8 aromatic carbocycles. The second kappa shape index (κ2) is 16.2. The van der Waals surface area contributed by atoms with Gasteiger partial charge < -0.3 is 14.7 Å². The normalized spacial score (nSPS) is 18.4. The summed E-state index contributed by atoms with van der Waals surface area (Å²) < 4.78 is 30.4. The highest BCUT2D eigenvalue weighted by molar-refractivity contribution is 7.25. The summed E-state index contributed by atoms with van der Waals surface area (Å²) in [6, 6.07) is 58.6. The van der Waals surface area contributed by atoms with E-state index in [2.05, 4.69) is 236 Å². The first-order valence-electron chi connectivity index (χ1n) is 28.5. The van der Waals surface area contributed by atoms with Crippen LogP contribution in [-0.4, -0.2) is 6.71 Å². The van der Waals surface area contributed by atoms with Gasteiger partial charge in [-0.2, -0.15) is 0 Å². The zero-order chi connectivity index (χ0) is 53.9. The minimum Gasteiger partial charge on any atom is -0.311 e. The highest BCUT2D eigenvalue weighted by Gasteiger charge is 2.47. The minimum atomic E-state index is -2.40.